The molecule has 1 saturated carbocycles. The van der Waals surface area contributed by atoms with Crippen LogP contribution in [0.5, 0.6) is 0 Å². The number of nitrogens with zero attached hydrogens (tertiary/aromatic N) is 2. The van der Waals surface area contributed by atoms with Gasteiger partial charge in [0.25, 0.3) is 0 Å². The van der Waals surface area contributed by atoms with E-state index in [1.165, 1.54) is 30.6 Å². The van der Waals surface area contributed by atoms with Gasteiger partial charge in [-0.15, -0.1) is 10.2 Å². The molecule has 1 aliphatic rings. The second-order valence-electron chi connectivity index (χ2n) is 4.81. The number of carboxylic acid groups (broad SMARTS) is 1. The lowest BCUT2D eigenvalue weighted by Crippen LogP contribution is -2.18. The minimum Gasteiger partial charge on any atom is -0.481 e. The van der Waals surface area contributed by atoms with Crippen LogP contribution in [0.25, 0.3) is 0 Å². The summed E-state index contributed by atoms with van der Waals surface area (Å²) in [6.45, 7) is 0. The first-order chi connectivity index (χ1) is 9.63. The zero-order chi connectivity index (χ0) is 14.4. The highest BCUT2D eigenvalue weighted by atomic mass is 32.2. The van der Waals surface area contributed by atoms with Crippen molar-refractivity contribution in [1.82, 2.24) is 10.2 Å². The number of carboxylic acids is 1. The van der Waals surface area contributed by atoms with E-state index in [2.05, 4.69) is 15.5 Å². The van der Waals surface area contributed by atoms with Crippen LogP contribution in [0.2, 0.25) is 0 Å². The number of carbonyl (C=O) groups is 2. The minimum atomic E-state index is -0.895. The topological polar surface area (TPSA) is 92.2 Å². The third-order valence-electron chi connectivity index (χ3n) is 3.17. The van der Waals surface area contributed by atoms with E-state index in [4.69, 9.17) is 5.11 Å². The molecule has 1 heterocycles. The number of thioether (sulfide) groups is 1. The quantitative estimate of drug-likeness (QED) is 0.619. The number of carbonyl (C=O) groups excluding carboxylic acids is 1. The Morgan fingerprint density at radius 2 is 2.05 bits per heavy atom. The van der Waals surface area contributed by atoms with Crippen LogP contribution < -0.4 is 5.32 Å². The van der Waals surface area contributed by atoms with Crippen molar-refractivity contribution in [1.29, 1.82) is 0 Å². The lowest BCUT2D eigenvalue weighted by atomic mass is 9.87. The molecule has 2 rings (SSSR count). The van der Waals surface area contributed by atoms with E-state index in [0.717, 1.165) is 24.6 Å². The molecule has 0 unspecified atom stereocenters. The van der Waals surface area contributed by atoms with Gasteiger partial charge in [0.1, 0.15) is 0 Å². The van der Waals surface area contributed by atoms with Crippen molar-refractivity contribution in [2.24, 2.45) is 5.92 Å². The van der Waals surface area contributed by atoms with Crippen molar-refractivity contribution in [3.63, 3.8) is 0 Å². The van der Waals surface area contributed by atoms with E-state index >= 15 is 0 Å². The van der Waals surface area contributed by atoms with Gasteiger partial charge in [-0.05, 0) is 18.8 Å². The molecule has 1 aromatic heterocycles. The maximum absolute atomic E-state index is 11.9. The molecule has 2 N–H and O–H groups in total. The summed E-state index contributed by atoms with van der Waals surface area (Å²) >= 11 is 2.32. The van der Waals surface area contributed by atoms with E-state index in [0.29, 0.717) is 21.8 Å². The van der Waals surface area contributed by atoms with Crippen molar-refractivity contribution in [2.75, 3.05) is 11.1 Å². The SMILES string of the molecule is O=C(O)CSc1nnc(NC(=O)CC2CCCCC2)s1. The fraction of sp³-hybridized carbons (Fsp3) is 0.667. The van der Waals surface area contributed by atoms with E-state index in [9.17, 15) is 9.59 Å². The molecular weight excluding hydrogens is 298 g/mol. The number of hydrogen-bond donors (Lipinski definition) is 2. The van der Waals surface area contributed by atoms with E-state index in [-0.39, 0.29) is 11.7 Å². The fourth-order valence-corrected chi connectivity index (χ4v) is 3.75. The summed E-state index contributed by atoms with van der Waals surface area (Å²) in [5, 5.41) is 19.5. The van der Waals surface area contributed by atoms with Gasteiger partial charge >= 0.3 is 5.97 Å². The maximum Gasteiger partial charge on any atom is 0.313 e. The number of hydrogen-bond acceptors (Lipinski definition) is 6. The molecule has 0 atom stereocenters. The maximum atomic E-state index is 11.9. The van der Waals surface area contributed by atoms with E-state index < -0.39 is 5.97 Å². The number of rotatable bonds is 6. The summed E-state index contributed by atoms with van der Waals surface area (Å²) in [4.78, 5) is 22.3. The number of amides is 1. The summed E-state index contributed by atoms with van der Waals surface area (Å²) in [6.07, 6.45) is 6.50. The first kappa shape index (κ1) is 15.2. The first-order valence-corrected chi connectivity index (χ1v) is 8.41. The fourth-order valence-electron chi connectivity index (χ4n) is 2.27. The van der Waals surface area contributed by atoms with Crippen molar-refractivity contribution >= 4 is 40.1 Å². The third kappa shape index (κ3) is 5.09. The van der Waals surface area contributed by atoms with E-state index in [1.807, 2.05) is 0 Å². The highest BCUT2D eigenvalue weighted by Crippen LogP contribution is 2.28. The molecule has 1 amide bonds. The van der Waals surface area contributed by atoms with Gasteiger partial charge in [0.15, 0.2) is 4.34 Å². The number of aromatic nitrogens is 2. The summed E-state index contributed by atoms with van der Waals surface area (Å²) in [6, 6.07) is 0. The molecule has 6 nitrogen and oxygen atoms in total. The Labute approximate surface area is 125 Å². The summed E-state index contributed by atoms with van der Waals surface area (Å²) in [5.74, 6) is -0.488. The van der Waals surface area contributed by atoms with Crippen LogP contribution in [0.3, 0.4) is 0 Å². The van der Waals surface area contributed by atoms with Gasteiger partial charge in [-0.25, -0.2) is 0 Å². The molecule has 0 spiro atoms. The van der Waals surface area contributed by atoms with Gasteiger partial charge in [0, 0.05) is 6.42 Å². The summed E-state index contributed by atoms with van der Waals surface area (Å²) in [5.41, 5.74) is 0. The second kappa shape index (κ2) is 7.58. The Hall–Kier alpha value is -1.15. The standard InChI is InChI=1S/C12H17N3O3S2/c16-9(6-8-4-2-1-3-5-8)13-11-14-15-12(20-11)19-7-10(17)18/h8H,1-7H2,(H,17,18)(H,13,14,16). The lowest BCUT2D eigenvalue weighted by molar-refractivity contribution is -0.133. The van der Waals surface area contributed by atoms with Gasteiger partial charge in [-0.3, -0.25) is 9.59 Å². The Balaban J connectivity index is 1.77. The second-order valence-corrected chi connectivity index (χ2v) is 7.01. The van der Waals surface area contributed by atoms with Gasteiger partial charge in [-0.1, -0.05) is 42.4 Å². The van der Waals surface area contributed by atoms with Crippen molar-refractivity contribution < 1.29 is 14.7 Å². The summed E-state index contributed by atoms with van der Waals surface area (Å²) < 4.78 is 0.556. The predicted octanol–water partition coefficient (Wildman–Crippen LogP) is 2.62. The number of aliphatic carboxylic acids is 1. The number of anilines is 1. The molecule has 1 aromatic rings. The minimum absolute atomic E-state index is 0.0252. The average Bonchev–Trinajstić information content (AvgIpc) is 2.85. The third-order valence-corrected chi connectivity index (χ3v) is 5.13. The molecule has 8 heteroatoms. The van der Waals surface area contributed by atoms with Crippen LogP contribution in [0, 0.1) is 5.92 Å². The van der Waals surface area contributed by atoms with Gasteiger partial charge in [0.05, 0.1) is 5.75 Å². The Kier molecular flexibility index (Phi) is 5.78. The first-order valence-electron chi connectivity index (χ1n) is 6.61. The number of nitrogens with one attached hydrogen (secondary N) is 1. The smallest absolute Gasteiger partial charge is 0.313 e. The molecule has 0 radical (unpaired) electrons. The molecule has 0 aliphatic heterocycles. The predicted molar refractivity (Wildman–Crippen MR) is 78.1 cm³/mol. The highest BCUT2D eigenvalue weighted by Gasteiger charge is 2.18. The van der Waals surface area contributed by atoms with Gasteiger partial charge in [-0.2, -0.15) is 0 Å². The zero-order valence-corrected chi connectivity index (χ0v) is 12.6. The van der Waals surface area contributed by atoms with Crippen LogP contribution in [0.4, 0.5) is 5.13 Å². The van der Waals surface area contributed by atoms with E-state index in [1.54, 1.807) is 0 Å². The largest absolute Gasteiger partial charge is 0.481 e. The normalized spacial score (nSPS) is 16.0. The molecule has 1 aliphatic carbocycles. The summed E-state index contributed by atoms with van der Waals surface area (Å²) in [7, 11) is 0. The monoisotopic (exact) mass is 315 g/mol. The van der Waals surface area contributed by atoms with Crippen LogP contribution in [-0.2, 0) is 9.59 Å². The Morgan fingerprint density at radius 1 is 1.30 bits per heavy atom. The molecule has 1 fully saturated rings. The van der Waals surface area contributed by atoms with Gasteiger partial charge in [0.2, 0.25) is 11.0 Å². The highest BCUT2D eigenvalue weighted by molar-refractivity contribution is 8.01. The molecule has 20 heavy (non-hydrogen) atoms. The lowest BCUT2D eigenvalue weighted by Gasteiger charge is -2.20. The molecule has 110 valence electrons. The Morgan fingerprint density at radius 3 is 2.75 bits per heavy atom. The zero-order valence-electron chi connectivity index (χ0n) is 11.0. The molecular formula is C12H17N3O3S2. The van der Waals surface area contributed by atoms with Crippen molar-refractivity contribution in [3.8, 4) is 0 Å². The Bertz CT molecular complexity index is 472. The van der Waals surface area contributed by atoms with Gasteiger partial charge < -0.3 is 10.4 Å². The molecule has 0 aromatic carbocycles. The van der Waals surface area contributed by atoms with Crippen molar-refractivity contribution in [3.05, 3.63) is 0 Å². The van der Waals surface area contributed by atoms with Crippen LogP contribution >= 0.6 is 23.1 Å². The molecule has 0 saturated heterocycles. The average molecular weight is 315 g/mol. The molecule has 0 bridgehead atoms. The van der Waals surface area contributed by atoms with Crippen LogP contribution in [0.1, 0.15) is 38.5 Å². The van der Waals surface area contributed by atoms with Crippen molar-refractivity contribution in [2.45, 2.75) is 42.9 Å². The van der Waals surface area contributed by atoms with Crippen LogP contribution in [-0.4, -0.2) is 32.9 Å². The van der Waals surface area contributed by atoms with Crippen LogP contribution in [0.15, 0.2) is 4.34 Å².